The van der Waals surface area contributed by atoms with E-state index in [1.807, 2.05) is 0 Å². The maximum atomic E-state index is 2.92. The minimum absolute atomic E-state index is 0.619. The first-order chi connectivity index (χ1) is 9.81. The van der Waals surface area contributed by atoms with Crippen molar-refractivity contribution in [2.45, 2.75) is 65.3 Å². The van der Waals surface area contributed by atoms with Crippen LogP contribution in [0.5, 0.6) is 0 Å². The molecule has 4 atom stereocenters. The number of rotatable bonds is 8. The molecule has 0 spiro atoms. The highest BCUT2D eigenvalue weighted by molar-refractivity contribution is 7.17. The summed E-state index contributed by atoms with van der Waals surface area (Å²) in [6, 6.07) is 1.39. The van der Waals surface area contributed by atoms with Crippen LogP contribution in [0.4, 0.5) is 0 Å². The maximum Gasteiger partial charge on any atom is 0.0212 e. The minimum Gasteiger partial charge on any atom is -0.304 e. The molecule has 4 unspecified atom stereocenters. The van der Waals surface area contributed by atoms with E-state index in [2.05, 4.69) is 65.6 Å². The molecule has 126 valence electrons. The maximum absolute atomic E-state index is 2.92. The molecule has 0 aromatic heterocycles. The van der Waals surface area contributed by atoms with Crippen LogP contribution in [0.3, 0.4) is 0 Å². The monoisotopic (exact) mass is 315 g/mol. The average molecular weight is 315 g/mol. The Morgan fingerprint density at radius 1 is 0.905 bits per heavy atom. The average Bonchev–Trinajstić information content (AvgIpc) is 2.44. The highest BCUT2D eigenvalue weighted by Crippen LogP contribution is 2.17. The van der Waals surface area contributed by atoms with Crippen LogP contribution in [0.25, 0.3) is 0 Å². The van der Waals surface area contributed by atoms with Gasteiger partial charge in [-0.1, -0.05) is 6.92 Å². The van der Waals surface area contributed by atoms with Crippen molar-refractivity contribution in [1.29, 1.82) is 0 Å². The normalized spacial score (nSPS) is 22.7. The Labute approximate surface area is 135 Å². The molecule has 1 aliphatic heterocycles. The van der Waals surface area contributed by atoms with E-state index in [1.54, 1.807) is 0 Å². The topological polar surface area (TPSA) is 9.72 Å². The Kier molecular flexibility index (Phi) is 8.71. The van der Waals surface area contributed by atoms with Crippen molar-refractivity contribution in [2.75, 3.05) is 39.8 Å². The second-order valence-electron chi connectivity index (χ2n) is 7.38. The molecule has 0 aromatic carbocycles. The third kappa shape index (κ3) is 6.95. The van der Waals surface area contributed by atoms with E-state index in [0.29, 0.717) is 11.8 Å². The SMILES string of the molecule is CC(CCC(C)N1CCN(C(C)P)CC1)CN(C)C(C)C. The zero-order chi connectivity index (χ0) is 16.0. The van der Waals surface area contributed by atoms with Crippen LogP contribution in [0.2, 0.25) is 0 Å². The van der Waals surface area contributed by atoms with Gasteiger partial charge in [0.05, 0.1) is 0 Å². The quantitative estimate of drug-likeness (QED) is 0.638. The second-order valence-corrected chi connectivity index (χ2v) is 8.34. The lowest BCUT2D eigenvalue weighted by molar-refractivity contribution is 0.0916. The summed E-state index contributed by atoms with van der Waals surface area (Å²) < 4.78 is 0. The fourth-order valence-electron chi connectivity index (χ4n) is 3.09. The van der Waals surface area contributed by atoms with Crippen molar-refractivity contribution in [3.63, 3.8) is 0 Å². The summed E-state index contributed by atoms with van der Waals surface area (Å²) in [5.74, 6) is 1.42. The summed E-state index contributed by atoms with van der Waals surface area (Å²) in [5, 5.41) is 0. The molecule has 0 bridgehead atoms. The van der Waals surface area contributed by atoms with Gasteiger partial charge in [-0.25, -0.2) is 0 Å². The Morgan fingerprint density at radius 3 is 1.90 bits per heavy atom. The van der Waals surface area contributed by atoms with Gasteiger partial charge in [-0.15, -0.1) is 9.24 Å². The van der Waals surface area contributed by atoms with E-state index >= 15 is 0 Å². The van der Waals surface area contributed by atoms with Crippen LogP contribution in [0.1, 0.15) is 47.5 Å². The van der Waals surface area contributed by atoms with Crippen LogP contribution in [0, 0.1) is 5.92 Å². The minimum atomic E-state index is 0.619. The standard InChI is InChI=1S/C17H38N3P/c1-14(2)18(6)13-15(3)7-8-16(4)19-9-11-20(12-10-19)17(5)21/h14-17H,7-13,21H2,1-6H3. The van der Waals surface area contributed by atoms with Gasteiger partial charge in [-0.05, 0) is 53.5 Å². The molecule has 0 radical (unpaired) electrons. The largest absolute Gasteiger partial charge is 0.304 e. The first kappa shape index (κ1) is 19.4. The van der Waals surface area contributed by atoms with E-state index in [9.17, 15) is 0 Å². The Morgan fingerprint density at radius 2 is 1.43 bits per heavy atom. The molecule has 1 aliphatic rings. The van der Waals surface area contributed by atoms with Gasteiger partial charge >= 0.3 is 0 Å². The summed E-state index contributed by atoms with van der Waals surface area (Å²) in [4.78, 5) is 7.71. The van der Waals surface area contributed by atoms with E-state index in [-0.39, 0.29) is 0 Å². The molecule has 0 amide bonds. The second kappa shape index (κ2) is 9.45. The molecule has 0 aromatic rings. The Bertz CT molecular complexity index is 275. The van der Waals surface area contributed by atoms with Gasteiger partial charge < -0.3 is 4.90 Å². The Balaban J connectivity index is 2.23. The van der Waals surface area contributed by atoms with E-state index in [4.69, 9.17) is 0 Å². The molecule has 1 fully saturated rings. The molecule has 4 heteroatoms. The molecule has 0 aliphatic carbocycles. The fourth-order valence-corrected chi connectivity index (χ4v) is 3.39. The summed E-state index contributed by atoms with van der Waals surface area (Å²) >= 11 is 0. The third-order valence-electron chi connectivity index (χ3n) is 5.11. The number of hydrogen-bond acceptors (Lipinski definition) is 3. The lowest BCUT2D eigenvalue weighted by atomic mass is 10.00. The third-order valence-corrected chi connectivity index (χ3v) is 5.53. The number of hydrogen-bond donors (Lipinski definition) is 0. The highest BCUT2D eigenvalue weighted by Gasteiger charge is 2.22. The van der Waals surface area contributed by atoms with Gasteiger partial charge in [0.25, 0.3) is 0 Å². The fraction of sp³-hybridized carbons (Fsp3) is 1.00. The highest BCUT2D eigenvalue weighted by atomic mass is 31.0. The van der Waals surface area contributed by atoms with Gasteiger partial charge in [0.2, 0.25) is 0 Å². The first-order valence-electron chi connectivity index (χ1n) is 8.75. The molecule has 21 heavy (non-hydrogen) atoms. The summed E-state index contributed by atoms with van der Waals surface area (Å²) in [6.45, 7) is 17.8. The zero-order valence-corrected chi connectivity index (χ0v) is 16.3. The molecule has 1 saturated heterocycles. The van der Waals surface area contributed by atoms with E-state index in [0.717, 1.165) is 12.0 Å². The van der Waals surface area contributed by atoms with Crippen molar-refractivity contribution < 1.29 is 0 Å². The predicted molar refractivity (Wildman–Crippen MR) is 97.9 cm³/mol. The van der Waals surface area contributed by atoms with Crippen LogP contribution in [-0.2, 0) is 0 Å². The smallest absolute Gasteiger partial charge is 0.0212 e. The zero-order valence-electron chi connectivity index (χ0n) is 15.2. The molecule has 0 N–H and O–H groups in total. The number of nitrogens with zero attached hydrogens (tertiary/aromatic N) is 3. The van der Waals surface area contributed by atoms with E-state index in [1.165, 1.54) is 45.6 Å². The van der Waals surface area contributed by atoms with Gasteiger partial charge in [-0.3, -0.25) is 9.80 Å². The van der Waals surface area contributed by atoms with Crippen LogP contribution in [-0.4, -0.2) is 72.3 Å². The van der Waals surface area contributed by atoms with Gasteiger partial charge in [0, 0.05) is 50.6 Å². The van der Waals surface area contributed by atoms with Gasteiger partial charge in [0.15, 0.2) is 0 Å². The summed E-state index contributed by atoms with van der Waals surface area (Å²) in [7, 11) is 5.16. The van der Waals surface area contributed by atoms with Crippen molar-refractivity contribution in [1.82, 2.24) is 14.7 Å². The summed E-state index contributed by atoms with van der Waals surface area (Å²) in [6.07, 6.45) is 2.68. The Hall–Kier alpha value is 0.310. The van der Waals surface area contributed by atoms with Crippen LogP contribution < -0.4 is 0 Å². The lowest BCUT2D eigenvalue weighted by Crippen LogP contribution is -2.50. The molecular weight excluding hydrogens is 277 g/mol. The van der Waals surface area contributed by atoms with Crippen molar-refractivity contribution in [2.24, 2.45) is 5.92 Å². The van der Waals surface area contributed by atoms with Crippen molar-refractivity contribution in [3.05, 3.63) is 0 Å². The molecule has 3 nitrogen and oxygen atoms in total. The van der Waals surface area contributed by atoms with Crippen LogP contribution >= 0.6 is 9.24 Å². The van der Waals surface area contributed by atoms with Gasteiger partial charge in [-0.2, -0.15) is 0 Å². The van der Waals surface area contributed by atoms with E-state index < -0.39 is 0 Å². The molecule has 1 heterocycles. The first-order valence-corrected chi connectivity index (χ1v) is 9.41. The predicted octanol–water partition coefficient (Wildman–Crippen LogP) is 2.97. The summed E-state index contributed by atoms with van der Waals surface area (Å²) in [5.41, 5.74) is 0. The lowest BCUT2D eigenvalue weighted by Gasteiger charge is -2.40. The van der Waals surface area contributed by atoms with Crippen molar-refractivity contribution >= 4 is 9.24 Å². The number of piperazine rings is 1. The van der Waals surface area contributed by atoms with Crippen LogP contribution in [0.15, 0.2) is 0 Å². The van der Waals surface area contributed by atoms with Crippen molar-refractivity contribution in [3.8, 4) is 0 Å². The molecular formula is C17H38N3P. The molecule has 0 saturated carbocycles. The van der Waals surface area contributed by atoms with Gasteiger partial charge in [0.1, 0.15) is 0 Å². The molecule has 1 rings (SSSR count).